The van der Waals surface area contributed by atoms with Crippen molar-refractivity contribution in [1.82, 2.24) is 5.32 Å². The monoisotopic (exact) mass is 461 g/mol. The molecule has 2 N–H and O–H groups in total. The summed E-state index contributed by atoms with van der Waals surface area (Å²) in [5.74, 6) is 0.0756. The Hall–Kier alpha value is -2.73. The molecule has 1 aliphatic carbocycles. The molecule has 0 amide bonds. The van der Waals surface area contributed by atoms with E-state index in [9.17, 15) is 9.90 Å². The van der Waals surface area contributed by atoms with Crippen LogP contribution in [0.2, 0.25) is 0 Å². The van der Waals surface area contributed by atoms with Gasteiger partial charge in [0.25, 0.3) is 0 Å². The summed E-state index contributed by atoms with van der Waals surface area (Å²) < 4.78 is 11.0. The molecule has 3 aromatic rings. The molecule has 1 saturated carbocycles. The van der Waals surface area contributed by atoms with Gasteiger partial charge in [0.05, 0.1) is 31.5 Å². The first kappa shape index (κ1) is 24.4. The summed E-state index contributed by atoms with van der Waals surface area (Å²) in [5, 5.41) is 16.6. The van der Waals surface area contributed by atoms with Gasteiger partial charge in [0.2, 0.25) is 0 Å². The van der Waals surface area contributed by atoms with Gasteiger partial charge in [-0.05, 0) is 73.1 Å². The lowest BCUT2D eigenvalue weighted by molar-refractivity contribution is -0.0211. The minimum Gasteiger partial charge on any atom is -0.465 e. The minimum absolute atomic E-state index is 0.120. The second-order valence-corrected chi connectivity index (χ2v) is 9.99. The Morgan fingerprint density at radius 2 is 1.82 bits per heavy atom. The zero-order valence-electron chi connectivity index (χ0n) is 20.3. The fourth-order valence-electron chi connectivity index (χ4n) is 4.45. The van der Waals surface area contributed by atoms with Gasteiger partial charge in [-0.3, -0.25) is 0 Å². The normalized spacial score (nSPS) is 15.8. The summed E-state index contributed by atoms with van der Waals surface area (Å²) in [7, 11) is 1.38. The van der Waals surface area contributed by atoms with Crippen LogP contribution in [0, 0.1) is 5.92 Å². The maximum atomic E-state index is 11.9. The number of nitrogens with one attached hydrogen (secondary N) is 1. The van der Waals surface area contributed by atoms with Gasteiger partial charge in [-0.15, -0.1) is 0 Å². The quantitative estimate of drug-likeness (QED) is 0.391. The number of benzene rings is 3. The first-order valence-corrected chi connectivity index (χ1v) is 12.1. The van der Waals surface area contributed by atoms with Crippen LogP contribution in [0.25, 0.3) is 10.8 Å². The second-order valence-electron chi connectivity index (χ2n) is 9.99. The predicted octanol–water partition coefficient (Wildman–Crippen LogP) is 5.07. The molecule has 0 aliphatic heterocycles. The number of hydrogen-bond acceptors (Lipinski definition) is 5. The molecule has 0 radical (unpaired) electrons. The number of aliphatic hydroxyl groups excluding tert-OH is 1. The Morgan fingerprint density at radius 1 is 1.06 bits per heavy atom. The first-order valence-electron chi connectivity index (χ1n) is 12.1. The number of methoxy groups -OCH3 is 1. The van der Waals surface area contributed by atoms with E-state index >= 15 is 0 Å². The molecule has 1 fully saturated rings. The molecular formula is C29H35NO4. The minimum atomic E-state index is -0.624. The number of hydrogen-bond donors (Lipinski definition) is 2. The predicted molar refractivity (Wildman–Crippen MR) is 135 cm³/mol. The molecule has 0 heterocycles. The molecule has 3 aromatic carbocycles. The first-order chi connectivity index (χ1) is 16.3. The van der Waals surface area contributed by atoms with Crippen LogP contribution in [-0.4, -0.2) is 43.0 Å². The zero-order valence-corrected chi connectivity index (χ0v) is 20.3. The standard InChI is InChI=1S/C29H35NO4/c1-29(2,17-20-11-12-21-7-4-5-8-23(21)15-20)30-18-26(31)19-34-27(22-13-14-22)24-9-6-10-25(16-24)28(32)33-3/h4-12,15-16,22,26-27,30-31H,13-14,17-19H2,1-3H3. The fourth-order valence-corrected chi connectivity index (χ4v) is 4.45. The number of ether oxygens (including phenoxy) is 2. The van der Waals surface area contributed by atoms with Crippen molar-refractivity contribution in [3.8, 4) is 0 Å². The molecule has 0 spiro atoms. The van der Waals surface area contributed by atoms with Crippen LogP contribution in [0.4, 0.5) is 0 Å². The number of esters is 1. The van der Waals surface area contributed by atoms with E-state index in [4.69, 9.17) is 9.47 Å². The van der Waals surface area contributed by atoms with Crippen molar-refractivity contribution in [2.45, 2.75) is 50.9 Å². The third-order valence-corrected chi connectivity index (χ3v) is 6.43. The summed E-state index contributed by atoms with van der Waals surface area (Å²) in [6, 6.07) is 22.4. The van der Waals surface area contributed by atoms with Crippen molar-refractivity contribution in [1.29, 1.82) is 0 Å². The average Bonchev–Trinajstić information content (AvgIpc) is 3.67. The Balaban J connectivity index is 1.30. The molecule has 2 atom stereocenters. The van der Waals surface area contributed by atoms with Gasteiger partial charge in [-0.1, -0.05) is 54.6 Å². The van der Waals surface area contributed by atoms with E-state index in [1.54, 1.807) is 6.07 Å². The molecule has 180 valence electrons. The van der Waals surface area contributed by atoms with Gasteiger partial charge in [-0.25, -0.2) is 4.79 Å². The lowest BCUT2D eigenvalue weighted by atomic mass is 9.93. The second kappa shape index (κ2) is 10.7. The van der Waals surface area contributed by atoms with Crippen LogP contribution < -0.4 is 5.32 Å². The lowest BCUT2D eigenvalue weighted by Crippen LogP contribution is -2.46. The summed E-state index contributed by atoms with van der Waals surface area (Å²) in [5.41, 5.74) is 2.57. The number of β-amino-alcohol motifs (C(OH)–C–C–N with tert-alkyl or cyclic N) is 1. The van der Waals surface area contributed by atoms with Crippen molar-refractivity contribution in [2.75, 3.05) is 20.3 Å². The van der Waals surface area contributed by atoms with Gasteiger partial charge in [-0.2, -0.15) is 0 Å². The largest absolute Gasteiger partial charge is 0.465 e. The van der Waals surface area contributed by atoms with E-state index in [0.29, 0.717) is 18.0 Å². The van der Waals surface area contributed by atoms with Crippen molar-refractivity contribution in [3.63, 3.8) is 0 Å². The number of carbonyl (C=O) groups is 1. The maximum absolute atomic E-state index is 11.9. The van der Waals surface area contributed by atoms with Gasteiger partial charge in [0, 0.05) is 12.1 Å². The van der Waals surface area contributed by atoms with Gasteiger partial charge >= 0.3 is 5.97 Å². The maximum Gasteiger partial charge on any atom is 0.337 e. The molecular weight excluding hydrogens is 426 g/mol. The molecule has 34 heavy (non-hydrogen) atoms. The third-order valence-electron chi connectivity index (χ3n) is 6.43. The topological polar surface area (TPSA) is 67.8 Å². The highest BCUT2D eigenvalue weighted by Crippen LogP contribution is 2.43. The molecule has 4 rings (SSSR count). The highest BCUT2D eigenvalue weighted by molar-refractivity contribution is 5.89. The van der Waals surface area contributed by atoms with E-state index in [2.05, 4.69) is 61.6 Å². The van der Waals surface area contributed by atoms with Crippen LogP contribution >= 0.6 is 0 Å². The van der Waals surface area contributed by atoms with Gasteiger partial charge in [0.15, 0.2) is 0 Å². The van der Waals surface area contributed by atoms with Crippen LogP contribution in [0.1, 0.15) is 54.3 Å². The summed E-state index contributed by atoms with van der Waals surface area (Å²) in [4.78, 5) is 11.9. The molecule has 2 unspecified atom stereocenters. The molecule has 5 nitrogen and oxygen atoms in total. The number of carbonyl (C=O) groups excluding carboxylic acids is 1. The van der Waals surface area contributed by atoms with E-state index in [1.165, 1.54) is 23.4 Å². The molecule has 1 aliphatic rings. The SMILES string of the molecule is COC(=O)c1cccc(C(OCC(O)CNC(C)(C)Cc2ccc3ccccc3c2)C2CC2)c1. The van der Waals surface area contributed by atoms with Crippen molar-refractivity contribution in [2.24, 2.45) is 5.92 Å². The zero-order chi connectivity index (χ0) is 24.1. The van der Waals surface area contributed by atoms with Crippen molar-refractivity contribution in [3.05, 3.63) is 83.4 Å². The Bertz CT molecular complexity index is 1120. The Morgan fingerprint density at radius 3 is 2.56 bits per heavy atom. The number of fused-ring (bicyclic) bond motifs is 1. The van der Waals surface area contributed by atoms with Crippen LogP contribution in [0.3, 0.4) is 0 Å². The summed E-state index contributed by atoms with van der Waals surface area (Å²) in [6.07, 6.45) is 2.31. The van der Waals surface area contributed by atoms with E-state index in [-0.39, 0.29) is 24.2 Å². The van der Waals surface area contributed by atoms with Crippen molar-refractivity contribution >= 4 is 16.7 Å². The van der Waals surface area contributed by atoms with Crippen LogP contribution in [0.15, 0.2) is 66.7 Å². The fraction of sp³-hybridized carbons (Fsp3) is 0.414. The van der Waals surface area contributed by atoms with Gasteiger partial charge in [0.1, 0.15) is 0 Å². The number of rotatable bonds is 11. The average molecular weight is 462 g/mol. The lowest BCUT2D eigenvalue weighted by Gasteiger charge is -2.29. The van der Waals surface area contributed by atoms with Crippen LogP contribution in [0.5, 0.6) is 0 Å². The van der Waals surface area contributed by atoms with E-state index in [1.807, 2.05) is 18.2 Å². The Labute approximate surface area is 202 Å². The summed E-state index contributed by atoms with van der Waals surface area (Å²) in [6.45, 7) is 4.99. The highest BCUT2D eigenvalue weighted by Gasteiger charge is 2.34. The molecule has 5 heteroatoms. The summed E-state index contributed by atoms with van der Waals surface area (Å²) >= 11 is 0. The van der Waals surface area contributed by atoms with E-state index < -0.39 is 6.10 Å². The molecule has 0 saturated heterocycles. The van der Waals surface area contributed by atoms with E-state index in [0.717, 1.165) is 24.8 Å². The number of aliphatic hydroxyl groups is 1. The Kier molecular flexibility index (Phi) is 7.67. The third kappa shape index (κ3) is 6.44. The highest BCUT2D eigenvalue weighted by atomic mass is 16.5. The van der Waals surface area contributed by atoms with Gasteiger partial charge < -0.3 is 19.9 Å². The molecule has 0 aromatic heterocycles. The molecule has 0 bridgehead atoms. The van der Waals surface area contributed by atoms with Crippen LogP contribution in [-0.2, 0) is 15.9 Å². The van der Waals surface area contributed by atoms with Crippen molar-refractivity contribution < 1.29 is 19.4 Å². The smallest absolute Gasteiger partial charge is 0.337 e.